The largest absolute Gasteiger partial charge is 0.492 e. The van der Waals surface area contributed by atoms with Crippen LogP contribution in [0, 0.1) is 5.92 Å². The van der Waals surface area contributed by atoms with Crippen LogP contribution in [0.3, 0.4) is 0 Å². The lowest BCUT2D eigenvalue weighted by Gasteiger charge is -2.27. The van der Waals surface area contributed by atoms with Gasteiger partial charge in [0.25, 0.3) is 0 Å². The van der Waals surface area contributed by atoms with Gasteiger partial charge in [0.1, 0.15) is 16.7 Å². The molecule has 1 unspecified atom stereocenters. The molecular weight excluding hydrogens is 422 g/mol. The summed E-state index contributed by atoms with van der Waals surface area (Å²) >= 11 is 0. The summed E-state index contributed by atoms with van der Waals surface area (Å²) in [4.78, 5) is 24.4. The molecule has 174 valence electrons. The topological polar surface area (TPSA) is 114 Å². The number of hydrogen-bond donors (Lipinski definition) is 2. The van der Waals surface area contributed by atoms with E-state index < -0.39 is 28.1 Å². The highest BCUT2D eigenvalue weighted by Crippen LogP contribution is 2.31. The smallest absolute Gasteiger partial charge is 0.407 e. The van der Waals surface area contributed by atoms with Gasteiger partial charge in [0, 0.05) is 18.8 Å². The Morgan fingerprint density at radius 3 is 2.42 bits per heavy atom. The van der Waals surface area contributed by atoms with Crippen LogP contribution in [-0.4, -0.2) is 57.6 Å². The summed E-state index contributed by atoms with van der Waals surface area (Å²) < 4.78 is 38.1. The van der Waals surface area contributed by atoms with Crippen LogP contribution in [0.4, 0.5) is 10.5 Å². The fraction of sp³-hybridized carbons (Fsp3) is 0.619. The van der Waals surface area contributed by atoms with Crippen LogP contribution in [0.5, 0.6) is 5.75 Å². The minimum atomic E-state index is -3.77. The zero-order chi connectivity index (χ0) is 23.0. The van der Waals surface area contributed by atoms with Crippen LogP contribution < -0.4 is 15.4 Å². The molecule has 2 N–H and O–H groups in total. The average molecular weight is 456 g/mol. The Labute approximate surface area is 184 Å². The number of benzene rings is 1. The minimum Gasteiger partial charge on any atom is -0.492 e. The summed E-state index contributed by atoms with van der Waals surface area (Å²) in [6.07, 6.45) is 2.33. The van der Waals surface area contributed by atoms with Crippen molar-refractivity contribution in [3.8, 4) is 5.75 Å². The van der Waals surface area contributed by atoms with Gasteiger partial charge in [-0.2, -0.15) is 4.31 Å². The summed E-state index contributed by atoms with van der Waals surface area (Å²) in [5, 5.41) is 5.24. The number of alkyl carbamates (subject to hydrolysis) is 1. The van der Waals surface area contributed by atoms with Crippen LogP contribution in [0.1, 0.15) is 46.5 Å². The van der Waals surface area contributed by atoms with Crippen LogP contribution in [0.25, 0.3) is 0 Å². The van der Waals surface area contributed by atoms with Crippen molar-refractivity contribution in [3.05, 3.63) is 18.2 Å². The van der Waals surface area contributed by atoms with E-state index >= 15 is 0 Å². The molecule has 1 fully saturated rings. The van der Waals surface area contributed by atoms with Gasteiger partial charge in [0.05, 0.1) is 13.7 Å². The van der Waals surface area contributed by atoms with Gasteiger partial charge in [-0.3, -0.25) is 4.79 Å². The normalized spacial score (nSPS) is 15.9. The fourth-order valence-corrected chi connectivity index (χ4v) is 5.11. The molecule has 1 heterocycles. The van der Waals surface area contributed by atoms with Crippen molar-refractivity contribution < 1.29 is 27.5 Å². The van der Waals surface area contributed by atoms with E-state index in [4.69, 9.17) is 4.74 Å². The average Bonchev–Trinajstić information content (AvgIpc) is 2.74. The van der Waals surface area contributed by atoms with Gasteiger partial charge in [0.15, 0.2) is 0 Å². The highest BCUT2D eigenvalue weighted by molar-refractivity contribution is 7.89. The molecule has 2 amide bonds. The third-order valence-corrected chi connectivity index (χ3v) is 6.86. The summed E-state index contributed by atoms with van der Waals surface area (Å²) in [5.41, 5.74) is 0.310. The third kappa shape index (κ3) is 6.83. The maximum Gasteiger partial charge on any atom is 0.407 e. The molecule has 1 aromatic carbocycles. The van der Waals surface area contributed by atoms with Crippen molar-refractivity contribution in [1.82, 2.24) is 9.62 Å². The van der Waals surface area contributed by atoms with E-state index in [2.05, 4.69) is 15.4 Å². The fourth-order valence-electron chi connectivity index (χ4n) is 3.44. The molecule has 0 radical (unpaired) electrons. The third-order valence-electron chi connectivity index (χ3n) is 4.95. The van der Waals surface area contributed by atoms with Crippen LogP contribution in [0.2, 0.25) is 0 Å². The predicted octanol–water partition coefficient (Wildman–Crippen LogP) is 2.97. The van der Waals surface area contributed by atoms with Gasteiger partial charge >= 0.3 is 6.09 Å². The number of sulfonamides is 1. The minimum absolute atomic E-state index is 0.0235. The Morgan fingerprint density at radius 2 is 1.84 bits per heavy atom. The first kappa shape index (κ1) is 24.9. The number of piperidine rings is 1. The molecule has 1 aromatic rings. The highest BCUT2D eigenvalue weighted by atomic mass is 32.2. The van der Waals surface area contributed by atoms with E-state index in [0.717, 1.165) is 19.3 Å². The van der Waals surface area contributed by atoms with Crippen LogP contribution in [0.15, 0.2) is 23.1 Å². The van der Waals surface area contributed by atoms with Gasteiger partial charge in [0.2, 0.25) is 15.9 Å². The van der Waals surface area contributed by atoms with E-state index in [0.29, 0.717) is 31.8 Å². The van der Waals surface area contributed by atoms with E-state index in [1.807, 2.05) is 13.8 Å². The first-order valence-electron chi connectivity index (χ1n) is 10.6. The Kier molecular flexibility index (Phi) is 9.12. The number of carbonyl (C=O) groups excluding carboxylic acids is 2. The van der Waals surface area contributed by atoms with Gasteiger partial charge < -0.3 is 20.1 Å². The maximum absolute atomic E-state index is 13.2. The second kappa shape index (κ2) is 11.3. The SMILES string of the molecule is CCOc1ccc(NC(=O)C(CC(C)C)NC(=O)OC)cc1S(=O)(=O)N1CCCCC1. The Balaban J connectivity index is 2.31. The predicted molar refractivity (Wildman–Crippen MR) is 118 cm³/mol. The highest BCUT2D eigenvalue weighted by Gasteiger charge is 2.30. The van der Waals surface area contributed by atoms with Gasteiger partial charge in [-0.15, -0.1) is 0 Å². The second-order valence-electron chi connectivity index (χ2n) is 7.87. The van der Waals surface area contributed by atoms with Crippen molar-refractivity contribution in [1.29, 1.82) is 0 Å². The summed E-state index contributed by atoms with van der Waals surface area (Å²) in [6, 6.07) is 3.72. The molecule has 2 rings (SSSR count). The molecule has 1 saturated heterocycles. The number of methoxy groups -OCH3 is 1. The molecular formula is C21H33N3O6S. The van der Waals surface area contributed by atoms with Gasteiger partial charge in [-0.1, -0.05) is 20.3 Å². The molecule has 0 spiro atoms. The van der Waals surface area contributed by atoms with Crippen molar-refractivity contribution in [3.63, 3.8) is 0 Å². The summed E-state index contributed by atoms with van der Waals surface area (Å²) in [6.45, 7) is 6.88. The maximum atomic E-state index is 13.2. The van der Waals surface area contributed by atoms with Crippen molar-refractivity contribution in [2.45, 2.75) is 57.4 Å². The number of carbonyl (C=O) groups is 2. The number of hydrogen-bond acceptors (Lipinski definition) is 6. The Morgan fingerprint density at radius 1 is 1.16 bits per heavy atom. The number of rotatable bonds is 9. The zero-order valence-electron chi connectivity index (χ0n) is 18.6. The molecule has 1 atom stereocenters. The van der Waals surface area contributed by atoms with Gasteiger partial charge in [-0.05, 0) is 50.3 Å². The molecule has 0 bridgehead atoms. The lowest BCUT2D eigenvalue weighted by molar-refractivity contribution is -0.118. The zero-order valence-corrected chi connectivity index (χ0v) is 19.5. The van der Waals surface area contributed by atoms with Gasteiger partial charge in [-0.25, -0.2) is 13.2 Å². The molecule has 0 aliphatic carbocycles. The summed E-state index contributed by atoms with van der Waals surface area (Å²) in [5.74, 6) is -0.0645. The van der Waals surface area contributed by atoms with Crippen LogP contribution in [-0.2, 0) is 19.6 Å². The lowest BCUT2D eigenvalue weighted by atomic mass is 10.0. The molecule has 0 saturated carbocycles. The van der Waals surface area contributed by atoms with Crippen molar-refractivity contribution >= 4 is 27.7 Å². The van der Waals surface area contributed by atoms with Crippen LogP contribution >= 0.6 is 0 Å². The van der Waals surface area contributed by atoms with Crippen molar-refractivity contribution in [2.75, 3.05) is 32.1 Å². The first-order chi connectivity index (χ1) is 14.7. The second-order valence-corrected chi connectivity index (χ2v) is 9.77. The standard InChI is InChI=1S/C21H33N3O6S/c1-5-30-18-10-9-16(14-19(18)31(27,28)24-11-7-6-8-12-24)22-20(25)17(13-15(2)3)23-21(26)29-4/h9-10,14-15,17H,5-8,11-13H2,1-4H3,(H,22,25)(H,23,26). The Hall–Kier alpha value is -2.33. The molecule has 1 aliphatic rings. The molecule has 9 nitrogen and oxygen atoms in total. The number of amides is 2. The number of anilines is 1. The van der Waals surface area contributed by atoms with E-state index in [9.17, 15) is 18.0 Å². The van der Waals surface area contributed by atoms with E-state index in [1.165, 1.54) is 17.5 Å². The molecule has 0 aromatic heterocycles. The van der Waals surface area contributed by atoms with E-state index in [1.54, 1.807) is 19.1 Å². The molecule has 31 heavy (non-hydrogen) atoms. The number of nitrogens with zero attached hydrogens (tertiary/aromatic N) is 1. The molecule has 10 heteroatoms. The van der Waals surface area contributed by atoms with Crippen molar-refractivity contribution in [2.24, 2.45) is 5.92 Å². The first-order valence-corrected chi connectivity index (χ1v) is 12.0. The quantitative estimate of drug-likeness (QED) is 0.592. The Bertz CT molecular complexity index is 866. The lowest BCUT2D eigenvalue weighted by Crippen LogP contribution is -2.44. The molecule has 1 aliphatic heterocycles. The van der Waals surface area contributed by atoms with E-state index in [-0.39, 0.29) is 16.6 Å². The monoisotopic (exact) mass is 455 g/mol. The summed E-state index contributed by atoms with van der Waals surface area (Å²) in [7, 11) is -2.54. The number of nitrogens with one attached hydrogen (secondary N) is 2. The number of ether oxygens (including phenoxy) is 2.